The van der Waals surface area contributed by atoms with Gasteiger partial charge in [0.2, 0.25) is 0 Å². The molecular formula is C18H17FN2O3. The van der Waals surface area contributed by atoms with Crippen LogP contribution in [0.25, 0.3) is 0 Å². The first-order valence-electron chi connectivity index (χ1n) is 7.29. The predicted octanol–water partition coefficient (Wildman–Crippen LogP) is 2.96. The summed E-state index contributed by atoms with van der Waals surface area (Å²) in [6.45, 7) is 1.60. The van der Waals surface area contributed by atoms with E-state index in [9.17, 15) is 9.18 Å². The smallest absolute Gasteiger partial charge is 0.258 e. The maximum absolute atomic E-state index is 12.9. The minimum absolute atomic E-state index is 0.201. The Kier molecular flexibility index (Phi) is 5.74. The fraction of sp³-hybridized carbons (Fsp3) is 0.222. The van der Waals surface area contributed by atoms with E-state index in [1.54, 1.807) is 31.2 Å². The summed E-state index contributed by atoms with van der Waals surface area (Å²) in [7, 11) is 1.46. The summed E-state index contributed by atoms with van der Waals surface area (Å²) in [4.78, 5) is 12.0. The van der Waals surface area contributed by atoms with Gasteiger partial charge >= 0.3 is 0 Å². The Morgan fingerprint density at radius 3 is 2.58 bits per heavy atom. The average molecular weight is 328 g/mol. The molecular weight excluding hydrogens is 311 g/mol. The molecule has 0 aliphatic rings. The van der Waals surface area contributed by atoms with Gasteiger partial charge in [-0.05, 0) is 36.8 Å². The molecule has 1 unspecified atom stereocenters. The van der Waals surface area contributed by atoms with E-state index in [2.05, 4.69) is 5.32 Å². The van der Waals surface area contributed by atoms with Gasteiger partial charge in [-0.2, -0.15) is 5.26 Å². The van der Waals surface area contributed by atoms with Crippen LogP contribution >= 0.6 is 0 Å². The number of carbonyl (C=O) groups is 1. The maximum Gasteiger partial charge on any atom is 0.258 e. The van der Waals surface area contributed by atoms with Crippen molar-refractivity contribution in [3.8, 4) is 17.6 Å². The van der Waals surface area contributed by atoms with Crippen molar-refractivity contribution in [3.63, 3.8) is 0 Å². The molecule has 2 aromatic carbocycles. The molecule has 24 heavy (non-hydrogen) atoms. The zero-order valence-electron chi connectivity index (χ0n) is 13.4. The number of halogens is 1. The number of hydrogen-bond donors (Lipinski definition) is 1. The Hall–Kier alpha value is -3.07. The summed E-state index contributed by atoms with van der Waals surface area (Å²) in [5.41, 5.74) is 1.23. The van der Waals surface area contributed by atoms with Gasteiger partial charge in [0.1, 0.15) is 5.82 Å². The standard InChI is InChI=1S/C18H17FN2O3/c1-12(14-4-6-15(19)7-5-14)21-18(22)11-24-16-8-3-13(10-20)9-17(16)23-2/h3-9,12H,11H2,1-2H3,(H,21,22). The Labute approximate surface area is 139 Å². The zero-order chi connectivity index (χ0) is 17.5. The molecule has 0 heterocycles. The molecule has 1 amide bonds. The second-order valence-corrected chi connectivity index (χ2v) is 5.11. The summed E-state index contributed by atoms with van der Waals surface area (Å²) in [6.07, 6.45) is 0. The topological polar surface area (TPSA) is 71.3 Å². The molecule has 0 saturated heterocycles. The van der Waals surface area contributed by atoms with Crippen LogP contribution in [0.3, 0.4) is 0 Å². The van der Waals surface area contributed by atoms with Crippen LogP contribution in [0.2, 0.25) is 0 Å². The first-order chi connectivity index (χ1) is 11.5. The van der Waals surface area contributed by atoms with Crippen LogP contribution < -0.4 is 14.8 Å². The molecule has 2 rings (SSSR count). The lowest BCUT2D eigenvalue weighted by Crippen LogP contribution is -2.31. The maximum atomic E-state index is 12.9. The lowest BCUT2D eigenvalue weighted by atomic mass is 10.1. The number of nitrogens with one attached hydrogen (secondary N) is 1. The first kappa shape index (κ1) is 17.3. The van der Waals surface area contributed by atoms with Crippen molar-refractivity contribution in [3.05, 3.63) is 59.4 Å². The van der Waals surface area contributed by atoms with Crippen molar-refractivity contribution in [2.75, 3.05) is 13.7 Å². The zero-order valence-corrected chi connectivity index (χ0v) is 13.4. The summed E-state index contributed by atoms with van der Waals surface area (Å²) >= 11 is 0. The van der Waals surface area contributed by atoms with Crippen molar-refractivity contribution >= 4 is 5.91 Å². The van der Waals surface area contributed by atoms with Crippen molar-refractivity contribution in [1.29, 1.82) is 5.26 Å². The number of carbonyl (C=O) groups excluding carboxylic acids is 1. The van der Waals surface area contributed by atoms with Crippen molar-refractivity contribution in [1.82, 2.24) is 5.32 Å². The van der Waals surface area contributed by atoms with E-state index in [1.165, 1.54) is 25.3 Å². The highest BCUT2D eigenvalue weighted by atomic mass is 19.1. The van der Waals surface area contributed by atoms with Gasteiger partial charge in [-0.1, -0.05) is 12.1 Å². The molecule has 6 heteroatoms. The number of hydrogen-bond acceptors (Lipinski definition) is 4. The highest BCUT2D eigenvalue weighted by Gasteiger charge is 2.12. The molecule has 0 aliphatic carbocycles. The van der Waals surface area contributed by atoms with Gasteiger partial charge in [-0.3, -0.25) is 4.79 Å². The van der Waals surface area contributed by atoms with Crippen LogP contribution in [0.1, 0.15) is 24.1 Å². The van der Waals surface area contributed by atoms with E-state index in [4.69, 9.17) is 14.7 Å². The van der Waals surface area contributed by atoms with Crippen LogP contribution in [-0.2, 0) is 4.79 Å². The minimum Gasteiger partial charge on any atom is -0.493 e. The molecule has 1 N–H and O–H groups in total. The number of nitrogens with zero attached hydrogens (tertiary/aromatic N) is 1. The largest absolute Gasteiger partial charge is 0.493 e. The molecule has 0 radical (unpaired) electrons. The highest BCUT2D eigenvalue weighted by Crippen LogP contribution is 2.27. The molecule has 5 nitrogen and oxygen atoms in total. The summed E-state index contributed by atoms with van der Waals surface area (Å²) < 4.78 is 23.5. The van der Waals surface area contributed by atoms with Gasteiger partial charge in [-0.25, -0.2) is 4.39 Å². The van der Waals surface area contributed by atoms with Crippen molar-refractivity contribution in [2.45, 2.75) is 13.0 Å². The van der Waals surface area contributed by atoms with Gasteiger partial charge in [0.25, 0.3) is 5.91 Å². The van der Waals surface area contributed by atoms with Gasteiger partial charge in [0.05, 0.1) is 24.8 Å². The fourth-order valence-electron chi connectivity index (χ4n) is 2.12. The van der Waals surface area contributed by atoms with E-state index in [1.807, 2.05) is 6.07 Å². The summed E-state index contributed by atoms with van der Waals surface area (Å²) in [5.74, 6) is 0.112. The van der Waals surface area contributed by atoms with Crippen LogP contribution in [0.4, 0.5) is 4.39 Å². The highest BCUT2D eigenvalue weighted by molar-refractivity contribution is 5.78. The minimum atomic E-state index is -0.325. The van der Waals surface area contributed by atoms with E-state index in [0.29, 0.717) is 17.1 Å². The number of methoxy groups -OCH3 is 1. The SMILES string of the molecule is COc1cc(C#N)ccc1OCC(=O)NC(C)c1ccc(F)cc1. The normalized spacial score (nSPS) is 11.2. The number of benzene rings is 2. The fourth-order valence-corrected chi connectivity index (χ4v) is 2.12. The molecule has 0 saturated carbocycles. The number of ether oxygens (including phenoxy) is 2. The Morgan fingerprint density at radius 2 is 1.96 bits per heavy atom. The van der Waals surface area contributed by atoms with Gasteiger partial charge in [0.15, 0.2) is 18.1 Å². The van der Waals surface area contributed by atoms with Crippen molar-refractivity contribution < 1.29 is 18.7 Å². The van der Waals surface area contributed by atoms with Gasteiger partial charge < -0.3 is 14.8 Å². The molecule has 0 aromatic heterocycles. The molecule has 124 valence electrons. The van der Waals surface area contributed by atoms with Gasteiger partial charge in [-0.15, -0.1) is 0 Å². The summed E-state index contributed by atoms with van der Waals surface area (Å²) in [6, 6.07) is 12.3. The third-order valence-corrected chi connectivity index (χ3v) is 3.40. The predicted molar refractivity (Wildman–Crippen MR) is 86.2 cm³/mol. The average Bonchev–Trinajstić information content (AvgIpc) is 2.60. The second kappa shape index (κ2) is 7.97. The Balaban J connectivity index is 1.93. The van der Waals surface area contributed by atoms with Crippen molar-refractivity contribution in [2.24, 2.45) is 0 Å². The molecule has 0 spiro atoms. The van der Waals surface area contributed by atoms with Crippen LogP contribution in [0.15, 0.2) is 42.5 Å². The molecule has 2 aromatic rings. The first-order valence-corrected chi connectivity index (χ1v) is 7.29. The van der Waals surface area contributed by atoms with Gasteiger partial charge in [0, 0.05) is 6.07 Å². The van der Waals surface area contributed by atoms with E-state index < -0.39 is 0 Å². The van der Waals surface area contributed by atoms with E-state index in [-0.39, 0.29) is 24.4 Å². The second-order valence-electron chi connectivity index (χ2n) is 5.11. The van der Waals surface area contributed by atoms with Crippen LogP contribution in [0, 0.1) is 17.1 Å². The van der Waals surface area contributed by atoms with E-state index >= 15 is 0 Å². The van der Waals surface area contributed by atoms with Crippen LogP contribution in [-0.4, -0.2) is 19.6 Å². The third-order valence-electron chi connectivity index (χ3n) is 3.40. The molecule has 0 bridgehead atoms. The lowest BCUT2D eigenvalue weighted by molar-refractivity contribution is -0.123. The number of nitriles is 1. The quantitative estimate of drug-likeness (QED) is 0.885. The molecule has 0 fully saturated rings. The number of amides is 1. The number of rotatable bonds is 6. The summed E-state index contributed by atoms with van der Waals surface area (Å²) in [5, 5.41) is 11.6. The monoisotopic (exact) mass is 328 g/mol. The molecule has 0 aliphatic heterocycles. The van der Waals surface area contributed by atoms with E-state index in [0.717, 1.165) is 5.56 Å². The van der Waals surface area contributed by atoms with Crippen LogP contribution in [0.5, 0.6) is 11.5 Å². The Morgan fingerprint density at radius 1 is 1.25 bits per heavy atom. The lowest BCUT2D eigenvalue weighted by Gasteiger charge is -2.15. The Bertz CT molecular complexity index is 754. The third kappa shape index (κ3) is 4.46. The molecule has 1 atom stereocenters.